The number of aromatic nitrogens is 3. The molecule has 6 nitrogen and oxygen atoms in total. The van der Waals surface area contributed by atoms with Gasteiger partial charge in [0.2, 0.25) is 5.95 Å². The number of fused-ring (bicyclic) bond motifs is 1. The molecule has 0 fully saturated rings. The second kappa shape index (κ2) is 7.13. The van der Waals surface area contributed by atoms with Crippen LogP contribution in [0.2, 0.25) is 5.02 Å². The molecule has 0 spiro atoms. The van der Waals surface area contributed by atoms with Gasteiger partial charge in [-0.1, -0.05) is 47.5 Å². The third kappa shape index (κ3) is 3.16. The number of amides is 1. The van der Waals surface area contributed by atoms with Crippen LogP contribution in [0, 0.1) is 13.8 Å². The second-order valence-corrected chi connectivity index (χ2v) is 7.30. The van der Waals surface area contributed by atoms with Gasteiger partial charge in [-0.05, 0) is 38.5 Å². The maximum atomic E-state index is 13.3. The molecule has 2 N–H and O–H groups in total. The number of halogens is 1. The molecule has 0 radical (unpaired) electrons. The number of anilines is 2. The Morgan fingerprint density at radius 1 is 1.18 bits per heavy atom. The average molecular weight is 394 g/mol. The molecule has 0 saturated heterocycles. The van der Waals surface area contributed by atoms with Crippen molar-refractivity contribution in [3.05, 3.63) is 81.8 Å². The molecule has 4 rings (SSSR count). The Morgan fingerprint density at radius 3 is 2.71 bits per heavy atom. The fourth-order valence-electron chi connectivity index (χ4n) is 3.51. The average Bonchev–Trinajstić information content (AvgIpc) is 3.11. The van der Waals surface area contributed by atoms with Gasteiger partial charge in [0.05, 0.1) is 5.57 Å². The number of allylic oxidation sites excluding steroid dienone is 1. The van der Waals surface area contributed by atoms with Crippen molar-refractivity contribution in [1.82, 2.24) is 14.8 Å². The molecule has 2 heterocycles. The van der Waals surface area contributed by atoms with E-state index in [0.29, 0.717) is 22.2 Å². The molecule has 0 bridgehead atoms. The molecular weight excluding hydrogens is 374 g/mol. The van der Waals surface area contributed by atoms with E-state index >= 15 is 0 Å². The maximum absolute atomic E-state index is 13.3. The van der Waals surface area contributed by atoms with Crippen molar-refractivity contribution in [1.29, 1.82) is 0 Å². The van der Waals surface area contributed by atoms with Crippen LogP contribution in [-0.4, -0.2) is 20.7 Å². The van der Waals surface area contributed by atoms with Crippen LogP contribution in [0.5, 0.6) is 0 Å². The van der Waals surface area contributed by atoms with Crippen LogP contribution < -0.4 is 10.6 Å². The number of hydrogen-bond donors (Lipinski definition) is 2. The van der Waals surface area contributed by atoms with Crippen LogP contribution in [0.1, 0.15) is 29.7 Å². The monoisotopic (exact) mass is 393 g/mol. The van der Waals surface area contributed by atoms with Gasteiger partial charge in [-0.3, -0.25) is 4.79 Å². The van der Waals surface area contributed by atoms with E-state index in [0.717, 1.165) is 22.4 Å². The summed E-state index contributed by atoms with van der Waals surface area (Å²) in [5.74, 6) is 0.369. The van der Waals surface area contributed by atoms with Crippen molar-refractivity contribution in [2.75, 3.05) is 10.6 Å². The summed E-state index contributed by atoms with van der Waals surface area (Å²) in [6.45, 7) is 5.86. The van der Waals surface area contributed by atoms with E-state index in [-0.39, 0.29) is 5.91 Å². The van der Waals surface area contributed by atoms with E-state index in [4.69, 9.17) is 11.6 Å². The lowest BCUT2D eigenvalue weighted by Gasteiger charge is -2.29. The van der Waals surface area contributed by atoms with Gasteiger partial charge in [-0.25, -0.2) is 4.68 Å². The smallest absolute Gasteiger partial charge is 0.255 e. The molecule has 7 heteroatoms. The lowest BCUT2D eigenvalue weighted by atomic mass is 9.95. The van der Waals surface area contributed by atoms with Gasteiger partial charge in [0.1, 0.15) is 12.4 Å². The summed E-state index contributed by atoms with van der Waals surface area (Å²) in [4.78, 5) is 17.6. The Bertz CT molecular complexity index is 1100. The van der Waals surface area contributed by atoms with Crippen LogP contribution in [0.15, 0.2) is 60.1 Å². The highest BCUT2D eigenvalue weighted by Gasteiger charge is 2.34. The van der Waals surface area contributed by atoms with Crippen molar-refractivity contribution >= 4 is 29.1 Å². The minimum absolute atomic E-state index is 0.206. The van der Waals surface area contributed by atoms with Crippen molar-refractivity contribution in [3.8, 4) is 0 Å². The number of carbonyl (C=O) groups excluding carboxylic acids is 1. The summed E-state index contributed by atoms with van der Waals surface area (Å²) >= 11 is 6.48. The molecule has 0 aliphatic carbocycles. The quantitative estimate of drug-likeness (QED) is 0.688. The van der Waals surface area contributed by atoms with Gasteiger partial charge < -0.3 is 10.6 Å². The Hall–Kier alpha value is -3.12. The lowest BCUT2D eigenvalue weighted by Crippen LogP contribution is -2.31. The molecule has 3 aromatic rings. The zero-order valence-electron chi connectivity index (χ0n) is 15.8. The highest BCUT2D eigenvalue weighted by atomic mass is 35.5. The van der Waals surface area contributed by atoms with Gasteiger partial charge >= 0.3 is 0 Å². The minimum atomic E-state index is -0.474. The fourth-order valence-corrected chi connectivity index (χ4v) is 3.75. The molecule has 1 amide bonds. The maximum Gasteiger partial charge on any atom is 0.255 e. The Labute approximate surface area is 168 Å². The van der Waals surface area contributed by atoms with Gasteiger partial charge in [0.15, 0.2) is 0 Å². The number of hydrogen-bond acceptors (Lipinski definition) is 4. The molecule has 1 atom stereocenters. The van der Waals surface area contributed by atoms with Crippen LogP contribution in [-0.2, 0) is 4.79 Å². The summed E-state index contributed by atoms with van der Waals surface area (Å²) in [5.41, 5.74) is 4.98. The third-order valence-electron chi connectivity index (χ3n) is 4.87. The lowest BCUT2D eigenvalue weighted by molar-refractivity contribution is -0.113. The van der Waals surface area contributed by atoms with Crippen molar-refractivity contribution < 1.29 is 4.79 Å². The number of carbonyl (C=O) groups is 1. The molecule has 2 aromatic carbocycles. The van der Waals surface area contributed by atoms with Crippen LogP contribution in [0.25, 0.3) is 0 Å². The molecule has 1 unspecified atom stereocenters. The van der Waals surface area contributed by atoms with Gasteiger partial charge in [0, 0.05) is 22.0 Å². The molecule has 1 aromatic heterocycles. The second-order valence-electron chi connectivity index (χ2n) is 6.89. The summed E-state index contributed by atoms with van der Waals surface area (Å²) < 4.78 is 1.69. The first-order valence-corrected chi connectivity index (χ1v) is 9.34. The molecule has 0 saturated carbocycles. The summed E-state index contributed by atoms with van der Waals surface area (Å²) in [6, 6.07) is 12.9. The van der Waals surface area contributed by atoms with Crippen molar-refractivity contribution in [2.24, 2.45) is 0 Å². The molecule has 142 valence electrons. The van der Waals surface area contributed by atoms with Crippen LogP contribution >= 0.6 is 11.6 Å². The SMILES string of the molecule is CC1=C(C(=O)Nc2ccc(C)cc2C)C(c2ccccc2Cl)n2ncnc2N1. The number of nitrogens with zero attached hydrogens (tertiary/aromatic N) is 3. The zero-order chi connectivity index (χ0) is 19.8. The van der Waals surface area contributed by atoms with E-state index < -0.39 is 6.04 Å². The van der Waals surface area contributed by atoms with E-state index in [1.54, 1.807) is 4.68 Å². The Balaban J connectivity index is 1.79. The van der Waals surface area contributed by atoms with E-state index in [9.17, 15) is 4.79 Å². The topological polar surface area (TPSA) is 71.8 Å². The molecule has 1 aliphatic heterocycles. The van der Waals surface area contributed by atoms with E-state index in [2.05, 4.69) is 20.7 Å². The fraction of sp³-hybridized carbons (Fsp3) is 0.190. The minimum Gasteiger partial charge on any atom is -0.328 e. The first kappa shape index (κ1) is 18.3. The molecule has 28 heavy (non-hydrogen) atoms. The number of aryl methyl sites for hydroxylation is 2. The van der Waals surface area contributed by atoms with Gasteiger partial charge in [-0.15, -0.1) is 0 Å². The normalized spacial score (nSPS) is 15.8. The van der Waals surface area contributed by atoms with E-state index in [1.165, 1.54) is 6.33 Å². The first-order chi connectivity index (χ1) is 13.5. The largest absolute Gasteiger partial charge is 0.328 e. The van der Waals surface area contributed by atoms with Crippen LogP contribution in [0.3, 0.4) is 0 Å². The summed E-state index contributed by atoms with van der Waals surface area (Å²) in [5, 5.41) is 11.1. The number of nitrogens with one attached hydrogen (secondary N) is 2. The number of rotatable bonds is 3. The zero-order valence-corrected chi connectivity index (χ0v) is 16.6. The predicted molar refractivity (Wildman–Crippen MR) is 110 cm³/mol. The molecular formula is C21H20ClN5O. The first-order valence-electron chi connectivity index (χ1n) is 8.96. The van der Waals surface area contributed by atoms with Crippen molar-refractivity contribution in [3.63, 3.8) is 0 Å². The van der Waals surface area contributed by atoms with Crippen LogP contribution in [0.4, 0.5) is 11.6 Å². The third-order valence-corrected chi connectivity index (χ3v) is 5.21. The highest BCUT2D eigenvalue weighted by molar-refractivity contribution is 6.31. The number of benzene rings is 2. The predicted octanol–water partition coefficient (Wildman–Crippen LogP) is 4.48. The molecule has 1 aliphatic rings. The van der Waals surface area contributed by atoms with Gasteiger partial charge in [-0.2, -0.15) is 10.1 Å². The highest BCUT2D eigenvalue weighted by Crippen LogP contribution is 2.38. The summed E-state index contributed by atoms with van der Waals surface area (Å²) in [7, 11) is 0. The van der Waals surface area contributed by atoms with E-state index in [1.807, 2.05) is 63.2 Å². The van der Waals surface area contributed by atoms with Gasteiger partial charge in [0.25, 0.3) is 5.91 Å². The standard InChI is InChI=1S/C21H20ClN5O/c1-12-8-9-17(13(2)10-12)26-20(28)18-14(3)25-21-23-11-24-27(21)19(18)15-6-4-5-7-16(15)22/h4-11,19H,1-3H3,(H,26,28)(H,23,24,25). The van der Waals surface area contributed by atoms with Crippen molar-refractivity contribution in [2.45, 2.75) is 26.8 Å². The Morgan fingerprint density at radius 2 is 1.96 bits per heavy atom. The Kier molecular flexibility index (Phi) is 4.65. The summed E-state index contributed by atoms with van der Waals surface area (Å²) in [6.07, 6.45) is 1.46.